The molecule has 234 valence electrons. The quantitative estimate of drug-likeness (QED) is 0.214. The number of anilines is 1. The van der Waals surface area contributed by atoms with Gasteiger partial charge in [-0.3, -0.25) is 9.78 Å². The van der Waals surface area contributed by atoms with Gasteiger partial charge < -0.3 is 25.4 Å². The molecule has 2 aliphatic rings. The van der Waals surface area contributed by atoms with Gasteiger partial charge in [0.2, 0.25) is 5.91 Å². The molecular weight excluding hydrogens is 558 g/mol. The lowest BCUT2D eigenvalue weighted by atomic mass is 9.91. The number of rotatable bonds is 10. The Kier molecular flexibility index (Phi) is 8.88. The molecule has 4 heterocycles. The van der Waals surface area contributed by atoms with Gasteiger partial charge in [0.15, 0.2) is 5.82 Å². The number of nitrogens with zero attached hydrogens (tertiary/aromatic N) is 4. The number of hydrogen-bond donors (Lipinski definition) is 3. The minimum absolute atomic E-state index is 0.152. The number of pyridine rings is 1. The standard InChI is InChI=1S/C37H45N7O/c1-7-26-18-33(39-20-27(26)19-38-21-28-14-15-36(45)41-28)31-12-8-10-29(23(31)2)30-11-9-13-32(24(30)3)40-25(4)37-42-34-22-43(5)17-16-35(34)44(37)6/h8-13,18,20,28,38,40H,4,7,14-17,19,21-22H2,1-3,5-6H3,(H,41,45). The first kappa shape index (κ1) is 30.7. The first-order chi connectivity index (χ1) is 21.7. The van der Waals surface area contributed by atoms with Crippen molar-refractivity contribution in [3.8, 4) is 22.4 Å². The lowest BCUT2D eigenvalue weighted by Crippen LogP contribution is -2.35. The third kappa shape index (κ3) is 6.30. The summed E-state index contributed by atoms with van der Waals surface area (Å²) in [7, 11) is 4.24. The molecule has 4 aromatic rings. The Morgan fingerprint density at radius 2 is 1.80 bits per heavy atom. The number of likely N-dealkylation sites (N-methyl/N-ethyl adjacent to an activating group) is 1. The topological polar surface area (TPSA) is 87.1 Å². The van der Waals surface area contributed by atoms with E-state index in [1.807, 2.05) is 6.20 Å². The lowest BCUT2D eigenvalue weighted by molar-refractivity contribution is -0.119. The van der Waals surface area contributed by atoms with E-state index in [1.165, 1.54) is 39.1 Å². The maximum absolute atomic E-state index is 11.5. The highest BCUT2D eigenvalue weighted by atomic mass is 16.1. The summed E-state index contributed by atoms with van der Waals surface area (Å²) in [5.74, 6) is 1.04. The minimum atomic E-state index is 0.152. The van der Waals surface area contributed by atoms with Crippen LogP contribution in [0.1, 0.15) is 59.2 Å². The molecule has 8 heteroatoms. The lowest BCUT2D eigenvalue weighted by Gasteiger charge is -2.21. The van der Waals surface area contributed by atoms with Gasteiger partial charge in [0.05, 0.1) is 17.1 Å². The monoisotopic (exact) mass is 603 g/mol. The zero-order chi connectivity index (χ0) is 31.7. The second-order valence-electron chi connectivity index (χ2n) is 12.6. The van der Waals surface area contributed by atoms with Crippen molar-refractivity contribution in [2.45, 2.75) is 65.6 Å². The molecule has 0 aliphatic carbocycles. The van der Waals surface area contributed by atoms with E-state index in [1.54, 1.807) is 0 Å². The van der Waals surface area contributed by atoms with Crippen molar-refractivity contribution in [3.63, 3.8) is 0 Å². The van der Waals surface area contributed by atoms with Crippen LogP contribution in [0.15, 0.2) is 55.2 Å². The summed E-state index contributed by atoms with van der Waals surface area (Å²) in [5, 5.41) is 10.1. The number of aromatic nitrogens is 3. The molecule has 0 radical (unpaired) electrons. The molecule has 2 aliphatic heterocycles. The van der Waals surface area contributed by atoms with Gasteiger partial charge in [0, 0.05) is 75.3 Å². The highest BCUT2D eigenvalue weighted by molar-refractivity contribution is 5.84. The molecule has 45 heavy (non-hydrogen) atoms. The number of aryl methyl sites for hydroxylation is 1. The first-order valence-corrected chi connectivity index (χ1v) is 16.1. The number of carbonyl (C=O) groups excluding carboxylic acids is 1. The highest BCUT2D eigenvalue weighted by Crippen LogP contribution is 2.36. The second kappa shape index (κ2) is 13.0. The fraction of sp³-hybridized carbons (Fsp3) is 0.378. The summed E-state index contributed by atoms with van der Waals surface area (Å²) in [6, 6.07) is 15.4. The van der Waals surface area contributed by atoms with Crippen molar-refractivity contribution in [2.75, 3.05) is 25.5 Å². The Bertz CT molecular complexity index is 1750. The van der Waals surface area contributed by atoms with Crippen molar-refractivity contribution in [2.24, 2.45) is 7.05 Å². The second-order valence-corrected chi connectivity index (χ2v) is 12.6. The summed E-state index contributed by atoms with van der Waals surface area (Å²) in [5.41, 5.74) is 13.6. The smallest absolute Gasteiger partial charge is 0.220 e. The molecule has 2 aromatic heterocycles. The van der Waals surface area contributed by atoms with E-state index in [0.717, 1.165) is 79.6 Å². The van der Waals surface area contributed by atoms with E-state index in [9.17, 15) is 4.79 Å². The van der Waals surface area contributed by atoms with Crippen molar-refractivity contribution in [1.82, 2.24) is 30.1 Å². The predicted molar refractivity (Wildman–Crippen MR) is 183 cm³/mol. The van der Waals surface area contributed by atoms with Crippen molar-refractivity contribution >= 4 is 17.3 Å². The van der Waals surface area contributed by atoms with Crippen LogP contribution in [0.4, 0.5) is 5.69 Å². The fourth-order valence-corrected chi connectivity index (χ4v) is 6.79. The Balaban J connectivity index is 1.22. The van der Waals surface area contributed by atoms with Gasteiger partial charge in [-0.05, 0) is 79.3 Å². The largest absolute Gasteiger partial charge is 0.353 e. The van der Waals surface area contributed by atoms with E-state index in [2.05, 4.69) is 109 Å². The summed E-state index contributed by atoms with van der Waals surface area (Å²) >= 11 is 0. The Hall–Kier alpha value is -4.27. The summed E-state index contributed by atoms with van der Waals surface area (Å²) in [6.45, 7) is 14.4. The van der Waals surface area contributed by atoms with Crippen LogP contribution in [0.2, 0.25) is 0 Å². The van der Waals surface area contributed by atoms with Gasteiger partial charge in [-0.1, -0.05) is 43.8 Å². The molecule has 1 atom stereocenters. The Labute approximate surface area is 267 Å². The maximum atomic E-state index is 11.5. The summed E-state index contributed by atoms with van der Waals surface area (Å²) in [4.78, 5) is 23.7. The maximum Gasteiger partial charge on any atom is 0.220 e. The molecule has 3 N–H and O–H groups in total. The zero-order valence-corrected chi connectivity index (χ0v) is 27.3. The summed E-state index contributed by atoms with van der Waals surface area (Å²) < 4.78 is 2.19. The van der Waals surface area contributed by atoms with Crippen LogP contribution in [0.3, 0.4) is 0 Å². The van der Waals surface area contributed by atoms with Gasteiger partial charge in [0.1, 0.15) is 0 Å². The van der Waals surface area contributed by atoms with Gasteiger partial charge >= 0.3 is 0 Å². The van der Waals surface area contributed by atoms with E-state index < -0.39 is 0 Å². The van der Waals surface area contributed by atoms with Crippen LogP contribution in [0, 0.1) is 13.8 Å². The zero-order valence-electron chi connectivity index (χ0n) is 27.3. The number of amides is 1. The van der Waals surface area contributed by atoms with E-state index in [-0.39, 0.29) is 11.9 Å². The molecule has 0 bridgehead atoms. The number of imidazole rings is 1. The molecule has 1 saturated heterocycles. The normalized spacial score (nSPS) is 16.5. The van der Waals surface area contributed by atoms with Crippen molar-refractivity contribution in [1.29, 1.82) is 0 Å². The number of hydrogen-bond acceptors (Lipinski definition) is 6. The first-order valence-electron chi connectivity index (χ1n) is 16.1. The van der Waals surface area contributed by atoms with Gasteiger partial charge in [-0.2, -0.15) is 0 Å². The van der Waals surface area contributed by atoms with E-state index >= 15 is 0 Å². The van der Waals surface area contributed by atoms with Crippen molar-refractivity contribution < 1.29 is 4.79 Å². The minimum Gasteiger partial charge on any atom is -0.353 e. The number of nitrogens with one attached hydrogen (secondary N) is 3. The average Bonchev–Trinajstić information content (AvgIpc) is 3.60. The SMILES string of the molecule is C=C(Nc1cccc(-c2cccc(-c3cc(CC)c(CNCC4CCC(=O)N4)cn3)c2C)c1C)c1nc2c(n1C)CCN(C)C2. The number of benzene rings is 2. The van der Waals surface area contributed by atoms with Crippen LogP contribution in [-0.2, 0) is 37.8 Å². The van der Waals surface area contributed by atoms with Crippen LogP contribution in [-0.4, -0.2) is 51.5 Å². The molecule has 1 fully saturated rings. The highest BCUT2D eigenvalue weighted by Gasteiger charge is 2.23. The fourth-order valence-electron chi connectivity index (χ4n) is 6.79. The average molecular weight is 604 g/mol. The van der Waals surface area contributed by atoms with Crippen LogP contribution >= 0.6 is 0 Å². The van der Waals surface area contributed by atoms with E-state index in [0.29, 0.717) is 6.42 Å². The molecule has 8 nitrogen and oxygen atoms in total. The molecule has 0 spiro atoms. The molecule has 2 aromatic carbocycles. The van der Waals surface area contributed by atoms with E-state index in [4.69, 9.17) is 9.97 Å². The van der Waals surface area contributed by atoms with Crippen LogP contribution in [0.5, 0.6) is 0 Å². The molecule has 0 saturated carbocycles. The Morgan fingerprint density at radius 3 is 2.56 bits per heavy atom. The van der Waals surface area contributed by atoms with Gasteiger partial charge in [-0.15, -0.1) is 0 Å². The molecule has 1 amide bonds. The van der Waals surface area contributed by atoms with Crippen LogP contribution in [0.25, 0.3) is 28.1 Å². The third-order valence-electron chi connectivity index (χ3n) is 9.49. The van der Waals surface area contributed by atoms with Crippen LogP contribution < -0.4 is 16.0 Å². The van der Waals surface area contributed by atoms with Crippen molar-refractivity contribution in [3.05, 3.63) is 94.7 Å². The molecule has 6 rings (SSSR count). The number of fused-ring (bicyclic) bond motifs is 1. The van der Waals surface area contributed by atoms with Gasteiger partial charge in [-0.25, -0.2) is 4.98 Å². The summed E-state index contributed by atoms with van der Waals surface area (Å²) in [6.07, 6.45) is 5.47. The third-order valence-corrected chi connectivity index (χ3v) is 9.49. The molecular formula is C37H45N7O. The Morgan fingerprint density at radius 1 is 1.04 bits per heavy atom. The van der Waals surface area contributed by atoms with Gasteiger partial charge in [0.25, 0.3) is 0 Å². The predicted octanol–water partition coefficient (Wildman–Crippen LogP) is 5.77. The number of carbonyl (C=O) groups is 1. The molecule has 1 unspecified atom stereocenters.